The summed E-state index contributed by atoms with van der Waals surface area (Å²) in [5, 5.41) is 0.525. The molecule has 1 fully saturated rings. The fraction of sp³-hybridized carbons (Fsp3) is 0.545. The highest BCUT2D eigenvalue weighted by atomic mass is 35.5. The van der Waals surface area contributed by atoms with Gasteiger partial charge in [-0.25, -0.2) is 9.37 Å². The van der Waals surface area contributed by atoms with Gasteiger partial charge in [0.05, 0.1) is 16.3 Å². The number of nitrogens with zero attached hydrogens (tertiary/aromatic N) is 2. The Balaban J connectivity index is 1.80. The molecule has 3 rings (SSSR count). The molecular weight excluding hydrogens is 377 g/mol. The summed E-state index contributed by atoms with van der Waals surface area (Å²) in [4.78, 5) is 8.72. The minimum Gasteiger partial charge on any atom is -0.384 e. The summed E-state index contributed by atoms with van der Waals surface area (Å²) in [5.41, 5.74) is 8.06. The van der Waals surface area contributed by atoms with Crippen LogP contribution >= 0.6 is 11.6 Å². The van der Waals surface area contributed by atoms with Crippen LogP contribution in [0.4, 0.5) is 10.2 Å². The molecule has 1 aliphatic carbocycles. The average molecular weight is 406 g/mol. The first-order chi connectivity index (χ1) is 13.3. The number of anilines is 1. The highest BCUT2D eigenvalue weighted by Gasteiger charge is 2.29. The maximum atomic E-state index is 14.8. The van der Waals surface area contributed by atoms with Crippen molar-refractivity contribution >= 4 is 28.7 Å². The van der Waals surface area contributed by atoms with Crippen LogP contribution in [0, 0.1) is 11.8 Å². The Morgan fingerprint density at radius 3 is 2.89 bits per heavy atom. The number of allylic oxidation sites excluding steroid dienone is 4. The molecule has 28 heavy (non-hydrogen) atoms. The monoisotopic (exact) mass is 405 g/mol. The minimum atomic E-state index is -0.266. The normalized spacial score (nSPS) is 26.5. The Morgan fingerprint density at radius 1 is 1.39 bits per heavy atom. The molecule has 152 valence electrons. The summed E-state index contributed by atoms with van der Waals surface area (Å²) < 4.78 is 20.6. The van der Waals surface area contributed by atoms with Gasteiger partial charge in [0, 0.05) is 24.9 Å². The van der Waals surface area contributed by atoms with Crippen molar-refractivity contribution in [2.75, 3.05) is 18.9 Å². The van der Waals surface area contributed by atoms with Crippen molar-refractivity contribution < 1.29 is 9.13 Å². The van der Waals surface area contributed by atoms with Crippen molar-refractivity contribution in [3.63, 3.8) is 0 Å². The quantitative estimate of drug-likeness (QED) is 0.706. The lowest BCUT2D eigenvalue weighted by Gasteiger charge is -2.35. The number of nitrogens with two attached hydrogens (primary N) is 1. The number of rotatable bonds is 4. The van der Waals surface area contributed by atoms with Crippen molar-refractivity contribution in [1.82, 2.24) is 4.98 Å². The highest BCUT2D eigenvalue weighted by molar-refractivity contribution is 6.32. The molecule has 2 atom stereocenters. The third-order valence-corrected chi connectivity index (χ3v) is 5.89. The van der Waals surface area contributed by atoms with Crippen LogP contribution in [0.5, 0.6) is 0 Å². The van der Waals surface area contributed by atoms with Gasteiger partial charge in [-0.05, 0) is 69.1 Å². The molecule has 2 unspecified atom stereocenters. The van der Waals surface area contributed by atoms with E-state index in [9.17, 15) is 4.39 Å². The Hall–Kier alpha value is -1.72. The predicted octanol–water partition coefficient (Wildman–Crippen LogP) is 5.63. The summed E-state index contributed by atoms with van der Waals surface area (Å²) in [5.74, 6) is 0.681. The number of ether oxygens (including phenoxy) is 1. The maximum Gasteiger partial charge on any atom is 0.144 e. The molecule has 1 aromatic heterocycles. The number of aromatic nitrogens is 1. The molecule has 2 aliphatic rings. The maximum absolute atomic E-state index is 14.8. The topological polar surface area (TPSA) is 60.5 Å². The van der Waals surface area contributed by atoms with Gasteiger partial charge >= 0.3 is 0 Å². The lowest BCUT2D eigenvalue weighted by atomic mass is 9.87. The van der Waals surface area contributed by atoms with E-state index in [-0.39, 0.29) is 17.3 Å². The van der Waals surface area contributed by atoms with Gasteiger partial charge in [-0.3, -0.25) is 4.99 Å². The molecule has 1 aromatic rings. The van der Waals surface area contributed by atoms with Crippen LogP contribution in [-0.2, 0) is 4.74 Å². The molecule has 0 bridgehead atoms. The molecule has 0 radical (unpaired) electrons. The Bertz CT molecular complexity index is 816. The molecule has 0 amide bonds. The molecule has 0 saturated carbocycles. The summed E-state index contributed by atoms with van der Waals surface area (Å²) >= 11 is 6.35. The van der Waals surface area contributed by atoms with E-state index in [0.717, 1.165) is 37.0 Å². The fourth-order valence-corrected chi connectivity index (χ4v) is 4.29. The average Bonchev–Trinajstić information content (AvgIpc) is 2.80. The van der Waals surface area contributed by atoms with E-state index in [0.29, 0.717) is 35.4 Å². The summed E-state index contributed by atoms with van der Waals surface area (Å²) in [6.07, 6.45) is 8.19. The molecule has 2 N–H and O–H groups in total. The second kappa shape index (κ2) is 8.75. The van der Waals surface area contributed by atoms with Gasteiger partial charge in [0.1, 0.15) is 11.6 Å². The van der Waals surface area contributed by atoms with E-state index in [2.05, 4.69) is 25.8 Å². The van der Waals surface area contributed by atoms with Gasteiger partial charge in [0.2, 0.25) is 0 Å². The van der Waals surface area contributed by atoms with Gasteiger partial charge in [0.25, 0.3) is 0 Å². The zero-order valence-electron chi connectivity index (χ0n) is 16.8. The molecule has 0 spiro atoms. The van der Waals surface area contributed by atoms with Gasteiger partial charge < -0.3 is 10.5 Å². The van der Waals surface area contributed by atoms with Crippen LogP contribution in [0.1, 0.15) is 52.0 Å². The first-order valence-electron chi connectivity index (χ1n) is 9.95. The fourth-order valence-electron chi connectivity index (χ4n) is 4.08. The van der Waals surface area contributed by atoms with Crippen LogP contribution < -0.4 is 5.73 Å². The Labute approximate surface area is 171 Å². The molecule has 4 nitrogen and oxygen atoms in total. The van der Waals surface area contributed by atoms with Crippen molar-refractivity contribution in [1.29, 1.82) is 0 Å². The lowest BCUT2D eigenvalue weighted by molar-refractivity contribution is -0.0705. The van der Waals surface area contributed by atoms with Crippen molar-refractivity contribution in [3.05, 3.63) is 40.8 Å². The standard InChI is InChI=1S/C22H29ClFN3O/c1-4-15-9-20(26-12-14-7-8-28-22(2,3)11-14)19(24)6-5-16(15)17-10-21(25)27-13-18(17)23/h5-6,10,13-15H,4,7-9,11-12H2,1-3H3,(H2,25,27). The lowest BCUT2D eigenvalue weighted by Crippen LogP contribution is -2.35. The summed E-state index contributed by atoms with van der Waals surface area (Å²) in [6.45, 7) is 7.68. The third kappa shape index (κ3) is 5.00. The highest BCUT2D eigenvalue weighted by Crippen LogP contribution is 2.37. The number of hydrogen-bond donors (Lipinski definition) is 1. The molecule has 6 heteroatoms. The van der Waals surface area contributed by atoms with Gasteiger partial charge in [0.15, 0.2) is 0 Å². The third-order valence-electron chi connectivity index (χ3n) is 5.58. The molecular formula is C22H29ClFN3O. The summed E-state index contributed by atoms with van der Waals surface area (Å²) in [6, 6.07) is 1.76. The van der Waals surface area contributed by atoms with E-state index in [1.165, 1.54) is 6.08 Å². The molecule has 1 aliphatic heterocycles. The van der Waals surface area contributed by atoms with E-state index in [1.807, 2.05) is 6.08 Å². The smallest absolute Gasteiger partial charge is 0.144 e. The first-order valence-corrected chi connectivity index (χ1v) is 10.3. The van der Waals surface area contributed by atoms with Gasteiger partial charge in [-0.1, -0.05) is 24.6 Å². The van der Waals surface area contributed by atoms with Gasteiger partial charge in [-0.2, -0.15) is 0 Å². The molecule has 1 saturated heterocycles. The molecule has 2 heterocycles. The Kier molecular flexibility index (Phi) is 6.56. The van der Waals surface area contributed by atoms with Crippen LogP contribution in [0.25, 0.3) is 5.57 Å². The zero-order valence-corrected chi connectivity index (χ0v) is 17.6. The predicted molar refractivity (Wildman–Crippen MR) is 114 cm³/mol. The van der Waals surface area contributed by atoms with Crippen molar-refractivity contribution in [2.24, 2.45) is 16.8 Å². The largest absolute Gasteiger partial charge is 0.384 e. The number of aliphatic imine (C=N–C) groups is 1. The molecule has 0 aromatic carbocycles. The van der Waals surface area contributed by atoms with Gasteiger partial charge in [-0.15, -0.1) is 0 Å². The van der Waals surface area contributed by atoms with Crippen LogP contribution in [0.2, 0.25) is 5.02 Å². The minimum absolute atomic E-state index is 0.119. The van der Waals surface area contributed by atoms with Crippen molar-refractivity contribution in [2.45, 2.75) is 52.1 Å². The number of halogens is 2. The first kappa shape index (κ1) is 21.0. The van der Waals surface area contributed by atoms with Crippen molar-refractivity contribution in [3.8, 4) is 0 Å². The summed E-state index contributed by atoms with van der Waals surface area (Å²) in [7, 11) is 0. The number of pyridine rings is 1. The Morgan fingerprint density at radius 2 is 2.18 bits per heavy atom. The van der Waals surface area contributed by atoms with E-state index in [1.54, 1.807) is 12.3 Å². The number of nitrogen functional groups attached to an aromatic ring is 1. The number of hydrogen-bond acceptors (Lipinski definition) is 4. The SMILES string of the molecule is CCC1CC(=NCC2CCOC(C)(C)C2)C(F)=CC=C1c1cc(N)ncc1Cl. The van der Waals surface area contributed by atoms with Crippen LogP contribution in [-0.4, -0.2) is 29.4 Å². The van der Waals surface area contributed by atoms with E-state index < -0.39 is 0 Å². The van der Waals surface area contributed by atoms with Crippen LogP contribution in [0.15, 0.2) is 35.2 Å². The van der Waals surface area contributed by atoms with E-state index >= 15 is 0 Å². The van der Waals surface area contributed by atoms with Crippen LogP contribution in [0.3, 0.4) is 0 Å². The zero-order chi connectivity index (χ0) is 20.3. The second-order valence-electron chi connectivity index (χ2n) is 8.29. The van der Waals surface area contributed by atoms with E-state index in [4.69, 9.17) is 27.1 Å². The second-order valence-corrected chi connectivity index (χ2v) is 8.70.